The summed E-state index contributed by atoms with van der Waals surface area (Å²) in [6.45, 7) is 1.73. The molecule has 0 fully saturated rings. The normalized spacial score (nSPS) is 10.4. The van der Waals surface area contributed by atoms with Gasteiger partial charge in [-0.05, 0) is 19.1 Å². The van der Waals surface area contributed by atoms with Crippen LogP contribution in [0, 0.1) is 6.92 Å². The molecule has 0 saturated carbocycles. The van der Waals surface area contributed by atoms with E-state index in [1.54, 1.807) is 58.8 Å². The average Bonchev–Trinajstić information content (AvgIpc) is 3.34. The minimum Gasteiger partial charge on any atom is -0.497 e. The molecular weight excluding hydrogens is 426 g/mol. The molecule has 1 aromatic carbocycles. The molecule has 2 amide bonds. The molecule has 11 heteroatoms. The topological polar surface area (TPSA) is 106 Å². The molecule has 2 heterocycles. The minimum atomic E-state index is -0.404. The zero-order valence-corrected chi connectivity index (χ0v) is 18.7. The Balaban J connectivity index is 1.71. The monoisotopic (exact) mass is 447 g/mol. The number of aryl methyl sites for hydroxylation is 1. The summed E-state index contributed by atoms with van der Waals surface area (Å²) in [7, 11) is 6.48. The Labute approximate surface area is 181 Å². The first kappa shape index (κ1) is 21.5. The van der Waals surface area contributed by atoms with Crippen molar-refractivity contribution in [3.63, 3.8) is 0 Å². The highest BCUT2D eigenvalue weighted by atomic mass is 32.1. The highest BCUT2D eigenvalue weighted by Gasteiger charge is 2.19. The summed E-state index contributed by atoms with van der Waals surface area (Å²) < 4.78 is 10.5. The van der Waals surface area contributed by atoms with Crippen LogP contribution in [0.15, 0.2) is 23.6 Å². The van der Waals surface area contributed by atoms with Crippen molar-refractivity contribution in [2.24, 2.45) is 0 Å². The predicted octanol–water partition coefficient (Wildman–Crippen LogP) is 3.62. The summed E-state index contributed by atoms with van der Waals surface area (Å²) in [6.07, 6.45) is 0. The van der Waals surface area contributed by atoms with Crippen LogP contribution in [-0.4, -0.2) is 55.0 Å². The third-order valence-corrected chi connectivity index (χ3v) is 5.82. The summed E-state index contributed by atoms with van der Waals surface area (Å²) in [5, 5.41) is 8.36. The molecule has 0 aliphatic rings. The minimum absolute atomic E-state index is 0.154. The first-order valence-corrected chi connectivity index (χ1v) is 10.5. The fourth-order valence-electron chi connectivity index (χ4n) is 2.46. The molecule has 9 nitrogen and oxygen atoms in total. The fourth-order valence-corrected chi connectivity index (χ4v) is 4.15. The average molecular weight is 448 g/mol. The number of nitrogens with zero attached hydrogens (tertiary/aromatic N) is 3. The number of anilines is 3. The second-order valence-electron chi connectivity index (χ2n) is 6.32. The molecule has 0 radical (unpaired) electrons. The summed E-state index contributed by atoms with van der Waals surface area (Å²) in [5.74, 6) is 0.701. The van der Waals surface area contributed by atoms with Gasteiger partial charge in [0.15, 0.2) is 10.3 Å². The Morgan fingerprint density at radius 1 is 1.10 bits per heavy atom. The van der Waals surface area contributed by atoms with Crippen molar-refractivity contribution in [1.29, 1.82) is 0 Å². The number of amides is 2. The van der Waals surface area contributed by atoms with E-state index in [0.29, 0.717) is 38.0 Å². The van der Waals surface area contributed by atoms with Gasteiger partial charge in [-0.15, -0.1) is 11.3 Å². The summed E-state index contributed by atoms with van der Waals surface area (Å²) in [5.41, 5.74) is 1.51. The Morgan fingerprint density at radius 2 is 1.87 bits per heavy atom. The standard InChI is InChI=1S/C19H21N5O4S2/c1-10-15(17(26)24(2)3)30-19(20-10)23-16(25)13-9-29-18(22-13)21-12-7-6-11(27-4)8-14(12)28-5/h6-9H,1-5H3,(H,21,22)(H,20,23,25). The number of rotatable bonds is 7. The van der Waals surface area contributed by atoms with E-state index in [4.69, 9.17) is 9.47 Å². The maximum Gasteiger partial charge on any atom is 0.276 e. The predicted molar refractivity (Wildman–Crippen MR) is 118 cm³/mol. The van der Waals surface area contributed by atoms with E-state index in [9.17, 15) is 9.59 Å². The summed E-state index contributed by atoms with van der Waals surface area (Å²) >= 11 is 2.42. The maximum absolute atomic E-state index is 12.5. The van der Waals surface area contributed by atoms with Crippen LogP contribution in [-0.2, 0) is 0 Å². The van der Waals surface area contributed by atoms with E-state index in [1.807, 2.05) is 0 Å². The maximum atomic E-state index is 12.5. The zero-order chi connectivity index (χ0) is 21.8. The number of carbonyl (C=O) groups is 2. The molecule has 158 valence electrons. The van der Waals surface area contributed by atoms with E-state index in [0.717, 1.165) is 11.3 Å². The van der Waals surface area contributed by atoms with E-state index in [1.165, 1.54) is 16.2 Å². The molecule has 3 rings (SSSR count). The molecular formula is C19H21N5O4S2. The number of aromatic nitrogens is 2. The third kappa shape index (κ3) is 4.69. The molecule has 0 unspecified atom stereocenters. The number of carbonyl (C=O) groups excluding carboxylic acids is 2. The van der Waals surface area contributed by atoms with Crippen LogP contribution in [0.4, 0.5) is 16.0 Å². The number of benzene rings is 1. The van der Waals surface area contributed by atoms with Gasteiger partial charge in [0.2, 0.25) is 0 Å². The second-order valence-corrected chi connectivity index (χ2v) is 8.17. The van der Waals surface area contributed by atoms with Crippen molar-refractivity contribution in [3.05, 3.63) is 39.8 Å². The molecule has 2 N–H and O–H groups in total. The molecule has 3 aromatic rings. The molecule has 30 heavy (non-hydrogen) atoms. The van der Waals surface area contributed by atoms with E-state index in [2.05, 4.69) is 20.6 Å². The van der Waals surface area contributed by atoms with Crippen LogP contribution >= 0.6 is 22.7 Å². The van der Waals surface area contributed by atoms with Crippen molar-refractivity contribution >= 4 is 50.4 Å². The van der Waals surface area contributed by atoms with Gasteiger partial charge in [-0.2, -0.15) is 0 Å². The summed E-state index contributed by atoms with van der Waals surface area (Å²) in [4.78, 5) is 35.2. The highest BCUT2D eigenvalue weighted by Crippen LogP contribution is 2.32. The first-order valence-electron chi connectivity index (χ1n) is 8.77. The lowest BCUT2D eigenvalue weighted by molar-refractivity contribution is 0.0831. The van der Waals surface area contributed by atoms with Crippen molar-refractivity contribution in [1.82, 2.24) is 14.9 Å². The number of thiazole rings is 2. The largest absolute Gasteiger partial charge is 0.497 e. The van der Waals surface area contributed by atoms with Crippen LogP contribution in [0.5, 0.6) is 11.5 Å². The zero-order valence-electron chi connectivity index (χ0n) is 17.1. The lowest BCUT2D eigenvalue weighted by Gasteiger charge is -2.10. The van der Waals surface area contributed by atoms with Crippen molar-refractivity contribution in [2.45, 2.75) is 6.92 Å². The van der Waals surface area contributed by atoms with Crippen LogP contribution in [0.2, 0.25) is 0 Å². The molecule has 0 spiro atoms. The van der Waals surface area contributed by atoms with Gasteiger partial charge in [0.05, 0.1) is 25.6 Å². The molecule has 0 aliphatic carbocycles. The quantitative estimate of drug-likeness (QED) is 0.570. The van der Waals surface area contributed by atoms with Crippen LogP contribution in [0.1, 0.15) is 25.9 Å². The van der Waals surface area contributed by atoms with Gasteiger partial charge >= 0.3 is 0 Å². The molecule has 2 aromatic heterocycles. The molecule has 0 saturated heterocycles. The van der Waals surface area contributed by atoms with Gasteiger partial charge in [-0.25, -0.2) is 9.97 Å². The van der Waals surface area contributed by atoms with Crippen LogP contribution in [0.3, 0.4) is 0 Å². The van der Waals surface area contributed by atoms with Crippen molar-refractivity contribution < 1.29 is 19.1 Å². The van der Waals surface area contributed by atoms with Gasteiger partial charge in [0.25, 0.3) is 11.8 Å². The Bertz CT molecular complexity index is 1080. The van der Waals surface area contributed by atoms with Gasteiger partial charge in [-0.1, -0.05) is 11.3 Å². The number of hydrogen-bond acceptors (Lipinski definition) is 9. The molecule has 0 aliphatic heterocycles. The lowest BCUT2D eigenvalue weighted by atomic mass is 10.3. The summed E-state index contributed by atoms with van der Waals surface area (Å²) in [6, 6.07) is 5.35. The van der Waals surface area contributed by atoms with Gasteiger partial charge < -0.3 is 19.7 Å². The number of ether oxygens (including phenoxy) is 2. The van der Waals surface area contributed by atoms with Crippen LogP contribution in [0.25, 0.3) is 0 Å². The Hall–Kier alpha value is -3.18. The van der Waals surface area contributed by atoms with Crippen LogP contribution < -0.4 is 20.1 Å². The third-order valence-electron chi connectivity index (χ3n) is 4.00. The van der Waals surface area contributed by atoms with Crippen molar-refractivity contribution in [3.8, 4) is 11.5 Å². The second kappa shape index (κ2) is 9.09. The van der Waals surface area contributed by atoms with E-state index in [-0.39, 0.29) is 11.6 Å². The fraction of sp³-hybridized carbons (Fsp3) is 0.263. The van der Waals surface area contributed by atoms with Gasteiger partial charge in [0.1, 0.15) is 22.1 Å². The molecule has 0 bridgehead atoms. The highest BCUT2D eigenvalue weighted by molar-refractivity contribution is 7.17. The van der Waals surface area contributed by atoms with E-state index >= 15 is 0 Å². The van der Waals surface area contributed by atoms with Crippen molar-refractivity contribution in [2.75, 3.05) is 38.9 Å². The lowest BCUT2D eigenvalue weighted by Crippen LogP contribution is -2.21. The number of hydrogen-bond donors (Lipinski definition) is 2. The van der Waals surface area contributed by atoms with E-state index < -0.39 is 5.91 Å². The SMILES string of the molecule is COc1ccc(Nc2nc(C(=O)Nc3nc(C)c(C(=O)N(C)C)s3)cs2)c(OC)c1. The first-order chi connectivity index (χ1) is 14.3. The smallest absolute Gasteiger partial charge is 0.276 e. The Morgan fingerprint density at radius 3 is 2.53 bits per heavy atom. The molecule has 0 atom stereocenters. The Kier molecular flexibility index (Phi) is 6.53. The number of methoxy groups -OCH3 is 2. The van der Waals surface area contributed by atoms with Gasteiger partial charge in [-0.3, -0.25) is 14.9 Å². The van der Waals surface area contributed by atoms with Gasteiger partial charge in [0, 0.05) is 25.5 Å². The number of nitrogens with one attached hydrogen (secondary N) is 2.